The van der Waals surface area contributed by atoms with Crippen LogP contribution in [0.1, 0.15) is 18.4 Å². The molecule has 23 heavy (non-hydrogen) atoms. The number of hydrogen-bond donors (Lipinski definition) is 0. The molecule has 2 aromatic carbocycles. The lowest BCUT2D eigenvalue weighted by Gasteiger charge is -1.99. The van der Waals surface area contributed by atoms with Crippen LogP contribution in [0.4, 0.5) is 4.39 Å². The summed E-state index contributed by atoms with van der Waals surface area (Å²) < 4.78 is 43.3. The molecule has 4 nitrogen and oxygen atoms in total. The maximum absolute atomic E-state index is 14.1. The van der Waals surface area contributed by atoms with E-state index in [0.29, 0.717) is 16.7 Å². The van der Waals surface area contributed by atoms with Crippen molar-refractivity contribution in [3.05, 3.63) is 60.0 Å². The highest BCUT2D eigenvalue weighted by Gasteiger charge is 2.14. The van der Waals surface area contributed by atoms with Gasteiger partial charge in [0.15, 0.2) is 15.4 Å². The fraction of sp³-hybridized carbons (Fsp3) is 0.118. The molecule has 6 heteroatoms. The first-order valence-corrected chi connectivity index (χ1v) is 8.71. The summed E-state index contributed by atoms with van der Waals surface area (Å²) in [5.41, 5.74) is 1.21. The summed E-state index contributed by atoms with van der Waals surface area (Å²) in [6, 6.07) is 13.0. The van der Waals surface area contributed by atoms with Crippen molar-refractivity contribution >= 4 is 32.8 Å². The second-order valence-electron chi connectivity index (χ2n) is 4.94. The van der Waals surface area contributed by atoms with Gasteiger partial charge in [0.2, 0.25) is 5.89 Å². The molecule has 0 radical (unpaired) electrons. The van der Waals surface area contributed by atoms with Crippen molar-refractivity contribution in [3.63, 3.8) is 0 Å². The molecule has 0 bridgehead atoms. The number of halogens is 1. The Labute approximate surface area is 133 Å². The number of fused-ring (bicyclic) bond motifs is 1. The largest absolute Gasteiger partial charge is 0.437 e. The minimum absolute atomic E-state index is 0.00571. The zero-order valence-electron chi connectivity index (χ0n) is 12.4. The van der Waals surface area contributed by atoms with Gasteiger partial charge in [0, 0.05) is 11.6 Å². The Balaban J connectivity index is 2.01. The van der Waals surface area contributed by atoms with Gasteiger partial charge in [0.1, 0.15) is 11.3 Å². The summed E-state index contributed by atoms with van der Waals surface area (Å²) in [5, 5.41) is 0. The summed E-state index contributed by atoms with van der Waals surface area (Å²) in [7, 11) is -3.32. The van der Waals surface area contributed by atoms with Crippen LogP contribution in [0.25, 0.3) is 23.0 Å². The second-order valence-corrected chi connectivity index (χ2v) is 7.22. The summed E-state index contributed by atoms with van der Waals surface area (Å²) in [6.45, 7) is 1.58. The summed E-state index contributed by atoms with van der Waals surface area (Å²) in [5.74, 6) is -0.378. The van der Waals surface area contributed by atoms with Crippen LogP contribution in [0.3, 0.4) is 0 Å². The van der Waals surface area contributed by atoms with E-state index in [0.717, 1.165) is 0 Å². The lowest BCUT2D eigenvalue weighted by atomic mass is 10.2. The normalized spacial score (nSPS) is 12.7. The molecule has 0 aliphatic rings. The van der Waals surface area contributed by atoms with Crippen molar-refractivity contribution in [1.29, 1.82) is 0 Å². The molecule has 1 aromatic heterocycles. The van der Waals surface area contributed by atoms with Crippen molar-refractivity contribution in [1.82, 2.24) is 4.98 Å². The number of oxazole rings is 1. The number of aromatic nitrogens is 1. The quantitative estimate of drug-likeness (QED) is 0.722. The van der Waals surface area contributed by atoms with Gasteiger partial charge < -0.3 is 4.42 Å². The summed E-state index contributed by atoms with van der Waals surface area (Å²) >= 11 is 0. The van der Waals surface area contributed by atoms with E-state index in [1.807, 2.05) is 0 Å². The highest BCUT2D eigenvalue weighted by Crippen LogP contribution is 2.24. The van der Waals surface area contributed by atoms with Crippen LogP contribution in [0.5, 0.6) is 0 Å². The molecule has 0 unspecified atom stereocenters. The average molecular weight is 331 g/mol. The Bertz CT molecular complexity index is 976. The van der Waals surface area contributed by atoms with Crippen molar-refractivity contribution < 1.29 is 17.2 Å². The van der Waals surface area contributed by atoms with E-state index < -0.39 is 15.7 Å². The van der Waals surface area contributed by atoms with Crippen LogP contribution in [-0.4, -0.2) is 19.2 Å². The molecule has 118 valence electrons. The molecular formula is C17H14FNO3S. The molecule has 3 rings (SSSR count). The lowest BCUT2D eigenvalue weighted by molar-refractivity contribution is 0.587. The number of nitrogens with zero attached hydrogens (tertiary/aromatic N) is 1. The standard InChI is InChI=1S/C17H14FNO3S/c1-2-23(20,21)13-8-9-16-15(10-13)19-17(22-16)11-14(18)12-6-4-3-5-7-12/h3-11H,2H2,1H3/b14-11+. The van der Waals surface area contributed by atoms with Gasteiger partial charge in [0.25, 0.3) is 0 Å². The van der Waals surface area contributed by atoms with E-state index in [1.165, 1.54) is 24.3 Å². The molecule has 0 saturated heterocycles. The van der Waals surface area contributed by atoms with Crippen LogP contribution in [0, 0.1) is 0 Å². The van der Waals surface area contributed by atoms with Crippen LogP contribution in [0.15, 0.2) is 57.8 Å². The third-order valence-electron chi connectivity index (χ3n) is 3.41. The first-order chi connectivity index (χ1) is 11.0. The topological polar surface area (TPSA) is 60.2 Å². The van der Waals surface area contributed by atoms with Crippen molar-refractivity contribution in [2.75, 3.05) is 5.75 Å². The van der Waals surface area contributed by atoms with Gasteiger partial charge in [0.05, 0.1) is 10.6 Å². The molecule has 0 fully saturated rings. The molecular weight excluding hydrogens is 317 g/mol. The SMILES string of the molecule is CCS(=O)(=O)c1ccc2oc(/C=C(/F)c3ccccc3)nc2c1. The van der Waals surface area contributed by atoms with Crippen molar-refractivity contribution in [2.45, 2.75) is 11.8 Å². The van der Waals surface area contributed by atoms with Crippen molar-refractivity contribution in [3.8, 4) is 0 Å². The van der Waals surface area contributed by atoms with Gasteiger partial charge in [-0.05, 0) is 18.2 Å². The highest BCUT2D eigenvalue weighted by atomic mass is 32.2. The predicted molar refractivity (Wildman–Crippen MR) is 87.2 cm³/mol. The Morgan fingerprint density at radius 1 is 1.22 bits per heavy atom. The zero-order valence-corrected chi connectivity index (χ0v) is 13.2. The molecule has 0 aliphatic heterocycles. The summed E-state index contributed by atoms with van der Waals surface area (Å²) in [4.78, 5) is 4.32. The van der Waals surface area contributed by atoms with Gasteiger partial charge in [-0.3, -0.25) is 0 Å². The Morgan fingerprint density at radius 3 is 2.65 bits per heavy atom. The Kier molecular flexibility index (Phi) is 4.00. The van der Waals surface area contributed by atoms with E-state index in [9.17, 15) is 12.8 Å². The molecule has 0 N–H and O–H groups in total. The maximum Gasteiger partial charge on any atom is 0.222 e. The van der Waals surface area contributed by atoms with E-state index >= 15 is 0 Å². The minimum Gasteiger partial charge on any atom is -0.437 e. The molecule has 0 saturated carbocycles. The monoisotopic (exact) mass is 331 g/mol. The molecule has 1 heterocycles. The smallest absolute Gasteiger partial charge is 0.222 e. The van der Waals surface area contributed by atoms with Gasteiger partial charge in [-0.25, -0.2) is 17.8 Å². The molecule has 3 aromatic rings. The average Bonchev–Trinajstić information content (AvgIpc) is 2.96. The zero-order chi connectivity index (χ0) is 16.4. The number of benzene rings is 2. The first kappa shape index (κ1) is 15.4. The van der Waals surface area contributed by atoms with Gasteiger partial charge in [-0.15, -0.1) is 0 Å². The molecule has 0 aliphatic carbocycles. The fourth-order valence-corrected chi connectivity index (χ4v) is 3.04. The van der Waals surface area contributed by atoms with Gasteiger partial charge in [-0.2, -0.15) is 0 Å². The Morgan fingerprint density at radius 2 is 1.96 bits per heavy atom. The molecule has 0 atom stereocenters. The summed E-state index contributed by atoms with van der Waals surface area (Å²) in [6.07, 6.45) is 1.18. The fourth-order valence-electron chi connectivity index (χ4n) is 2.14. The van der Waals surface area contributed by atoms with Crippen LogP contribution in [-0.2, 0) is 9.84 Å². The Hall–Kier alpha value is -2.47. The van der Waals surface area contributed by atoms with Crippen LogP contribution in [0.2, 0.25) is 0 Å². The van der Waals surface area contributed by atoms with E-state index in [4.69, 9.17) is 4.42 Å². The molecule has 0 amide bonds. The number of rotatable bonds is 4. The maximum atomic E-state index is 14.1. The van der Waals surface area contributed by atoms with Gasteiger partial charge >= 0.3 is 0 Å². The minimum atomic E-state index is -3.32. The first-order valence-electron chi connectivity index (χ1n) is 7.05. The molecule has 0 spiro atoms. The number of hydrogen-bond acceptors (Lipinski definition) is 4. The second kappa shape index (κ2) is 5.96. The van der Waals surface area contributed by atoms with E-state index in [-0.39, 0.29) is 16.5 Å². The number of sulfone groups is 1. The van der Waals surface area contributed by atoms with Crippen LogP contribution < -0.4 is 0 Å². The third kappa shape index (κ3) is 3.17. The highest BCUT2D eigenvalue weighted by molar-refractivity contribution is 7.91. The van der Waals surface area contributed by atoms with E-state index in [2.05, 4.69) is 4.98 Å². The van der Waals surface area contributed by atoms with Crippen molar-refractivity contribution in [2.24, 2.45) is 0 Å². The predicted octanol–water partition coefficient (Wildman–Crippen LogP) is 4.09. The van der Waals surface area contributed by atoms with Crippen LogP contribution >= 0.6 is 0 Å². The van der Waals surface area contributed by atoms with E-state index in [1.54, 1.807) is 37.3 Å². The third-order valence-corrected chi connectivity index (χ3v) is 5.15. The lowest BCUT2D eigenvalue weighted by Crippen LogP contribution is -2.03. The van der Waals surface area contributed by atoms with Gasteiger partial charge in [-0.1, -0.05) is 37.3 Å².